The Hall–Kier alpha value is -2.42. The molecule has 3 rings (SSSR count). The zero-order chi connectivity index (χ0) is 18.5. The SMILES string of the molecule is CCOC(=O)c1cnc(SC)nc1N1CCN(c2cc(C)ncn2)CC1. The summed E-state index contributed by atoms with van der Waals surface area (Å²) < 4.78 is 5.16. The molecule has 0 atom stereocenters. The van der Waals surface area contributed by atoms with E-state index >= 15 is 0 Å². The van der Waals surface area contributed by atoms with E-state index in [2.05, 4.69) is 29.7 Å². The highest BCUT2D eigenvalue weighted by atomic mass is 32.2. The standard InChI is InChI=1S/C17H22N6O2S/c1-4-25-16(24)13-10-18-17(26-3)21-15(13)23-7-5-22(6-8-23)14-9-12(2)19-11-20-14/h9-11H,4-8H2,1-3H3. The van der Waals surface area contributed by atoms with Crippen molar-refractivity contribution in [2.75, 3.05) is 48.8 Å². The summed E-state index contributed by atoms with van der Waals surface area (Å²) in [6.07, 6.45) is 5.07. The first kappa shape index (κ1) is 18.4. The van der Waals surface area contributed by atoms with Gasteiger partial charge in [0, 0.05) is 44.1 Å². The number of rotatable bonds is 5. The Morgan fingerprint density at radius 2 is 1.92 bits per heavy atom. The van der Waals surface area contributed by atoms with E-state index in [4.69, 9.17) is 4.74 Å². The van der Waals surface area contributed by atoms with Crippen LogP contribution in [0.1, 0.15) is 23.0 Å². The molecule has 0 radical (unpaired) electrons. The van der Waals surface area contributed by atoms with Gasteiger partial charge in [0.25, 0.3) is 0 Å². The number of hydrogen-bond donors (Lipinski definition) is 0. The fourth-order valence-corrected chi connectivity index (χ4v) is 3.15. The second-order valence-electron chi connectivity index (χ2n) is 5.81. The maximum absolute atomic E-state index is 12.3. The van der Waals surface area contributed by atoms with Crippen LogP contribution in [0.4, 0.5) is 11.6 Å². The van der Waals surface area contributed by atoms with Gasteiger partial charge in [-0.25, -0.2) is 24.7 Å². The van der Waals surface area contributed by atoms with Crippen molar-refractivity contribution in [2.45, 2.75) is 19.0 Å². The van der Waals surface area contributed by atoms with Crippen molar-refractivity contribution in [1.29, 1.82) is 0 Å². The maximum atomic E-state index is 12.3. The predicted molar refractivity (Wildman–Crippen MR) is 101 cm³/mol. The average Bonchev–Trinajstić information content (AvgIpc) is 2.68. The number of piperazine rings is 1. The first-order chi connectivity index (χ1) is 12.6. The van der Waals surface area contributed by atoms with Crippen LogP contribution in [0.25, 0.3) is 0 Å². The summed E-state index contributed by atoms with van der Waals surface area (Å²) in [5.41, 5.74) is 1.36. The van der Waals surface area contributed by atoms with Crippen LogP contribution >= 0.6 is 11.8 Å². The molecule has 1 saturated heterocycles. The molecule has 1 fully saturated rings. The lowest BCUT2D eigenvalue weighted by Gasteiger charge is -2.36. The van der Waals surface area contributed by atoms with E-state index in [1.54, 1.807) is 19.4 Å². The lowest BCUT2D eigenvalue weighted by molar-refractivity contribution is 0.0526. The van der Waals surface area contributed by atoms with Crippen LogP contribution in [0.2, 0.25) is 0 Å². The third-order valence-electron chi connectivity index (χ3n) is 4.12. The Morgan fingerprint density at radius 3 is 2.58 bits per heavy atom. The largest absolute Gasteiger partial charge is 0.462 e. The second-order valence-corrected chi connectivity index (χ2v) is 6.58. The van der Waals surface area contributed by atoms with Crippen LogP contribution in [0.3, 0.4) is 0 Å². The number of carbonyl (C=O) groups is 1. The number of carbonyl (C=O) groups excluding carboxylic acids is 1. The minimum absolute atomic E-state index is 0.323. The van der Waals surface area contributed by atoms with Gasteiger partial charge in [-0.15, -0.1) is 0 Å². The van der Waals surface area contributed by atoms with E-state index in [1.165, 1.54) is 11.8 Å². The summed E-state index contributed by atoms with van der Waals surface area (Å²) in [7, 11) is 0. The topological polar surface area (TPSA) is 84.3 Å². The van der Waals surface area contributed by atoms with E-state index in [9.17, 15) is 4.79 Å². The molecule has 0 amide bonds. The molecule has 0 saturated carbocycles. The normalized spacial score (nSPS) is 14.4. The molecule has 26 heavy (non-hydrogen) atoms. The van der Waals surface area contributed by atoms with Crippen LogP contribution in [-0.2, 0) is 4.74 Å². The quantitative estimate of drug-likeness (QED) is 0.442. The first-order valence-electron chi connectivity index (χ1n) is 8.49. The molecule has 0 spiro atoms. The zero-order valence-corrected chi connectivity index (χ0v) is 16.0. The summed E-state index contributed by atoms with van der Waals surface area (Å²) in [5.74, 6) is 1.18. The summed E-state index contributed by atoms with van der Waals surface area (Å²) >= 11 is 1.45. The highest BCUT2D eigenvalue weighted by Crippen LogP contribution is 2.24. The summed E-state index contributed by atoms with van der Waals surface area (Å²) in [6.45, 7) is 7.12. The number of anilines is 2. The molecule has 1 aliphatic rings. The van der Waals surface area contributed by atoms with Gasteiger partial charge >= 0.3 is 5.97 Å². The molecule has 2 aromatic rings. The number of thioether (sulfide) groups is 1. The molecule has 9 heteroatoms. The third-order valence-corrected chi connectivity index (χ3v) is 4.68. The van der Waals surface area contributed by atoms with Crippen LogP contribution in [-0.4, -0.2) is 64.9 Å². The van der Waals surface area contributed by atoms with Gasteiger partial charge in [-0.05, 0) is 20.1 Å². The van der Waals surface area contributed by atoms with Gasteiger partial charge in [-0.3, -0.25) is 0 Å². The molecule has 138 valence electrons. The lowest BCUT2D eigenvalue weighted by atomic mass is 10.2. The smallest absolute Gasteiger partial charge is 0.343 e. The molecule has 1 aliphatic heterocycles. The molecule has 8 nitrogen and oxygen atoms in total. The zero-order valence-electron chi connectivity index (χ0n) is 15.2. The van der Waals surface area contributed by atoms with Crippen molar-refractivity contribution >= 4 is 29.4 Å². The van der Waals surface area contributed by atoms with Crippen molar-refractivity contribution in [1.82, 2.24) is 19.9 Å². The van der Waals surface area contributed by atoms with Crippen molar-refractivity contribution in [3.63, 3.8) is 0 Å². The van der Waals surface area contributed by atoms with Gasteiger partial charge in [0.05, 0.1) is 6.61 Å². The highest BCUT2D eigenvalue weighted by molar-refractivity contribution is 7.98. The Kier molecular flexibility index (Phi) is 5.87. The predicted octanol–water partition coefficient (Wildman–Crippen LogP) is 1.80. The Balaban J connectivity index is 1.78. The van der Waals surface area contributed by atoms with Crippen molar-refractivity contribution in [3.8, 4) is 0 Å². The molecule has 2 aromatic heterocycles. The molecular weight excluding hydrogens is 352 g/mol. The van der Waals surface area contributed by atoms with Gasteiger partial charge in [-0.2, -0.15) is 0 Å². The second kappa shape index (κ2) is 8.31. The number of ether oxygens (including phenoxy) is 1. The summed E-state index contributed by atoms with van der Waals surface area (Å²) in [4.78, 5) is 33.9. The Bertz CT molecular complexity index is 780. The Morgan fingerprint density at radius 1 is 1.19 bits per heavy atom. The molecule has 0 unspecified atom stereocenters. The fraction of sp³-hybridized carbons (Fsp3) is 0.471. The monoisotopic (exact) mass is 374 g/mol. The molecular formula is C17H22N6O2S. The molecule has 0 aliphatic carbocycles. The van der Waals surface area contributed by atoms with Crippen molar-refractivity contribution < 1.29 is 9.53 Å². The van der Waals surface area contributed by atoms with Crippen molar-refractivity contribution in [2.24, 2.45) is 0 Å². The van der Waals surface area contributed by atoms with Gasteiger partial charge in [0.15, 0.2) is 5.16 Å². The number of hydrogen-bond acceptors (Lipinski definition) is 9. The third kappa shape index (κ3) is 4.04. The molecule has 0 N–H and O–H groups in total. The summed E-state index contributed by atoms with van der Waals surface area (Å²) in [5, 5.41) is 0.641. The van der Waals surface area contributed by atoms with Crippen LogP contribution < -0.4 is 9.80 Å². The van der Waals surface area contributed by atoms with Crippen LogP contribution in [0, 0.1) is 6.92 Å². The van der Waals surface area contributed by atoms with E-state index in [-0.39, 0.29) is 5.97 Å². The minimum Gasteiger partial charge on any atom is -0.462 e. The first-order valence-corrected chi connectivity index (χ1v) is 9.71. The minimum atomic E-state index is -0.385. The van der Waals surface area contributed by atoms with E-state index < -0.39 is 0 Å². The average molecular weight is 374 g/mol. The molecule has 0 bridgehead atoms. The Labute approximate surface area is 157 Å². The number of nitrogens with zero attached hydrogens (tertiary/aromatic N) is 6. The number of aromatic nitrogens is 4. The number of esters is 1. The van der Waals surface area contributed by atoms with Crippen LogP contribution in [0.15, 0.2) is 23.7 Å². The molecule has 3 heterocycles. The fourth-order valence-electron chi connectivity index (χ4n) is 2.81. The van der Waals surface area contributed by atoms with Gasteiger partial charge in [0.2, 0.25) is 0 Å². The molecule has 0 aromatic carbocycles. The van der Waals surface area contributed by atoms with Crippen LogP contribution in [0.5, 0.6) is 0 Å². The van der Waals surface area contributed by atoms with E-state index in [0.717, 1.165) is 37.7 Å². The lowest BCUT2D eigenvalue weighted by Crippen LogP contribution is -2.47. The number of aryl methyl sites for hydroxylation is 1. The highest BCUT2D eigenvalue weighted by Gasteiger charge is 2.25. The summed E-state index contributed by atoms with van der Waals surface area (Å²) in [6, 6.07) is 1.98. The van der Waals surface area contributed by atoms with Gasteiger partial charge in [0.1, 0.15) is 23.5 Å². The van der Waals surface area contributed by atoms with Gasteiger partial charge < -0.3 is 14.5 Å². The van der Waals surface area contributed by atoms with Crippen molar-refractivity contribution in [3.05, 3.63) is 29.8 Å². The van der Waals surface area contributed by atoms with E-state index in [0.29, 0.717) is 23.1 Å². The van der Waals surface area contributed by atoms with E-state index in [1.807, 2.05) is 19.2 Å². The maximum Gasteiger partial charge on any atom is 0.343 e. The van der Waals surface area contributed by atoms with Gasteiger partial charge in [-0.1, -0.05) is 11.8 Å².